The van der Waals surface area contributed by atoms with Crippen LogP contribution in [0.5, 0.6) is 0 Å². The molecule has 5 nitrogen and oxygen atoms in total. The minimum Gasteiger partial charge on any atom is -0.332 e. The Labute approximate surface area is 125 Å². The highest BCUT2D eigenvalue weighted by atomic mass is 32.2. The minimum absolute atomic E-state index is 0.449. The molecule has 3 N–H and O–H groups in total. The first-order valence-corrected chi connectivity index (χ1v) is 7.54. The van der Waals surface area contributed by atoms with Gasteiger partial charge in [-0.15, -0.1) is 0 Å². The van der Waals surface area contributed by atoms with Gasteiger partial charge in [-0.2, -0.15) is 0 Å². The van der Waals surface area contributed by atoms with E-state index < -0.39 is 0 Å². The van der Waals surface area contributed by atoms with E-state index >= 15 is 0 Å². The lowest BCUT2D eigenvalue weighted by Gasteiger charge is -2.11. The topological polar surface area (TPSA) is 65.7 Å². The second kappa shape index (κ2) is 5.64. The van der Waals surface area contributed by atoms with E-state index in [2.05, 4.69) is 15.6 Å². The predicted octanol–water partition coefficient (Wildman–Crippen LogP) is 2.28. The van der Waals surface area contributed by atoms with Crippen LogP contribution in [0.3, 0.4) is 0 Å². The largest absolute Gasteiger partial charge is 0.332 e. The molecule has 1 aromatic carbocycles. The smallest absolute Gasteiger partial charge is 0.176 e. The average Bonchev–Trinajstić information content (AvgIpc) is 2.88. The van der Waals surface area contributed by atoms with Gasteiger partial charge in [0.2, 0.25) is 0 Å². The van der Waals surface area contributed by atoms with Crippen molar-refractivity contribution in [3.05, 3.63) is 41.9 Å². The van der Waals surface area contributed by atoms with Crippen LogP contribution in [0.1, 0.15) is 0 Å². The average molecular weight is 303 g/mol. The van der Waals surface area contributed by atoms with Crippen LogP contribution in [-0.4, -0.2) is 20.4 Å². The second-order valence-corrected chi connectivity index (χ2v) is 5.72. The van der Waals surface area contributed by atoms with E-state index in [4.69, 9.17) is 17.6 Å². The van der Waals surface area contributed by atoms with Gasteiger partial charge < -0.3 is 15.2 Å². The highest BCUT2D eigenvalue weighted by Gasteiger charge is 2.13. The maximum absolute atomic E-state index is 7.96. The van der Waals surface area contributed by atoms with Crippen LogP contribution < -0.4 is 16.1 Å². The van der Waals surface area contributed by atoms with E-state index in [-0.39, 0.29) is 0 Å². The minimum atomic E-state index is 0.449. The molecule has 3 rings (SSSR count). The first-order valence-electron chi connectivity index (χ1n) is 6.15. The van der Waals surface area contributed by atoms with Crippen molar-refractivity contribution in [2.24, 2.45) is 0 Å². The molecule has 1 aromatic heterocycles. The van der Waals surface area contributed by atoms with Crippen molar-refractivity contribution in [3.63, 3.8) is 0 Å². The zero-order chi connectivity index (χ0) is 13.9. The summed E-state index contributed by atoms with van der Waals surface area (Å²) in [5.41, 5.74) is 1.37. The van der Waals surface area contributed by atoms with E-state index in [1.165, 1.54) is 0 Å². The maximum Gasteiger partial charge on any atom is 0.176 e. The van der Waals surface area contributed by atoms with Gasteiger partial charge in [0, 0.05) is 24.1 Å². The van der Waals surface area contributed by atoms with Crippen molar-refractivity contribution in [1.29, 1.82) is 5.41 Å². The van der Waals surface area contributed by atoms with Gasteiger partial charge >= 0.3 is 0 Å². The van der Waals surface area contributed by atoms with Crippen LogP contribution in [0.4, 0.5) is 11.5 Å². The van der Waals surface area contributed by atoms with Crippen LogP contribution in [0.25, 0.3) is 0 Å². The van der Waals surface area contributed by atoms with Crippen molar-refractivity contribution in [2.45, 2.75) is 11.7 Å². The molecule has 0 amide bonds. The molecule has 0 unspecified atom stereocenters. The van der Waals surface area contributed by atoms with Crippen LogP contribution in [0.2, 0.25) is 0 Å². The SMILES string of the molecule is N=c1cc(NC(=S)Nc2ccccc2)nc2n1CCS2. The second-order valence-electron chi connectivity index (χ2n) is 4.25. The summed E-state index contributed by atoms with van der Waals surface area (Å²) in [6.07, 6.45) is 0. The zero-order valence-electron chi connectivity index (χ0n) is 10.6. The number of hydrogen-bond acceptors (Lipinski definition) is 4. The van der Waals surface area contributed by atoms with Gasteiger partial charge in [-0.05, 0) is 24.4 Å². The van der Waals surface area contributed by atoms with Gasteiger partial charge in [0.05, 0.1) is 0 Å². The summed E-state index contributed by atoms with van der Waals surface area (Å²) < 4.78 is 1.89. The number of thiocarbonyl (C=S) groups is 1. The number of thioether (sulfide) groups is 1. The Morgan fingerprint density at radius 2 is 2.10 bits per heavy atom. The van der Waals surface area contributed by atoms with Gasteiger partial charge in [0.1, 0.15) is 11.3 Å². The molecule has 0 aliphatic carbocycles. The normalized spacial score (nSPS) is 12.8. The Hall–Kier alpha value is -1.86. The summed E-state index contributed by atoms with van der Waals surface area (Å²) >= 11 is 6.91. The highest BCUT2D eigenvalue weighted by Crippen LogP contribution is 2.22. The van der Waals surface area contributed by atoms with Crippen molar-refractivity contribution < 1.29 is 0 Å². The third kappa shape index (κ3) is 2.83. The number of anilines is 2. The molecule has 20 heavy (non-hydrogen) atoms. The summed E-state index contributed by atoms with van der Waals surface area (Å²) in [5.74, 6) is 1.57. The molecule has 2 heterocycles. The molecular formula is C13H13N5S2. The first kappa shape index (κ1) is 13.1. The van der Waals surface area contributed by atoms with E-state index in [0.717, 1.165) is 23.1 Å². The monoisotopic (exact) mass is 303 g/mol. The quantitative estimate of drug-likeness (QED) is 0.587. The Balaban J connectivity index is 1.74. The van der Waals surface area contributed by atoms with Crippen LogP contribution in [0.15, 0.2) is 41.6 Å². The number of para-hydroxylation sites is 1. The van der Waals surface area contributed by atoms with E-state index in [1.54, 1.807) is 17.8 Å². The number of hydrogen-bond donors (Lipinski definition) is 3. The van der Waals surface area contributed by atoms with E-state index in [1.807, 2.05) is 34.9 Å². The fourth-order valence-corrected chi connectivity index (χ4v) is 3.11. The van der Waals surface area contributed by atoms with Crippen LogP contribution in [-0.2, 0) is 6.54 Å². The highest BCUT2D eigenvalue weighted by molar-refractivity contribution is 7.99. The number of nitrogens with zero attached hydrogens (tertiary/aromatic N) is 2. The summed E-state index contributed by atoms with van der Waals surface area (Å²) in [4.78, 5) is 4.46. The molecule has 102 valence electrons. The summed E-state index contributed by atoms with van der Waals surface area (Å²) in [6.45, 7) is 0.846. The zero-order valence-corrected chi connectivity index (χ0v) is 12.2. The molecule has 0 atom stereocenters. The fraction of sp³-hybridized carbons (Fsp3) is 0.154. The third-order valence-electron chi connectivity index (χ3n) is 2.83. The van der Waals surface area contributed by atoms with Crippen molar-refractivity contribution in [1.82, 2.24) is 9.55 Å². The van der Waals surface area contributed by atoms with E-state index in [0.29, 0.717) is 16.4 Å². The Morgan fingerprint density at radius 3 is 2.90 bits per heavy atom. The van der Waals surface area contributed by atoms with Crippen molar-refractivity contribution >= 4 is 40.6 Å². The van der Waals surface area contributed by atoms with E-state index in [9.17, 15) is 0 Å². The molecule has 0 fully saturated rings. The number of benzene rings is 1. The van der Waals surface area contributed by atoms with Gasteiger partial charge in [-0.25, -0.2) is 4.98 Å². The number of fused-ring (bicyclic) bond motifs is 1. The Morgan fingerprint density at radius 1 is 1.30 bits per heavy atom. The summed E-state index contributed by atoms with van der Waals surface area (Å²) in [5, 5.41) is 15.4. The van der Waals surface area contributed by atoms with Gasteiger partial charge in [0.25, 0.3) is 0 Å². The fourth-order valence-electron chi connectivity index (χ4n) is 1.92. The molecule has 1 aliphatic heterocycles. The van der Waals surface area contributed by atoms with Crippen LogP contribution >= 0.6 is 24.0 Å². The summed E-state index contributed by atoms with van der Waals surface area (Å²) in [7, 11) is 0. The summed E-state index contributed by atoms with van der Waals surface area (Å²) in [6, 6.07) is 11.4. The maximum atomic E-state index is 7.96. The van der Waals surface area contributed by atoms with Gasteiger partial charge in [0.15, 0.2) is 10.3 Å². The molecule has 1 aliphatic rings. The molecular weight excluding hydrogens is 290 g/mol. The third-order valence-corrected chi connectivity index (χ3v) is 3.99. The first-order chi connectivity index (χ1) is 9.72. The standard InChI is InChI=1S/C13H13N5S2/c14-10-8-11(17-13-18(10)6-7-20-13)16-12(19)15-9-4-2-1-3-5-9/h1-5,8,14H,6-7H2,(H2,15,16,19). The lowest BCUT2D eigenvalue weighted by atomic mass is 10.3. The number of aromatic nitrogens is 2. The lowest BCUT2D eigenvalue weighted by molar-refractivity contribution is 0.638. The molecule has 0 bridgehead atoms. The molecule has 2 aromatic rings. The number of rotatable bonds is 2. The molecule has 0 saturated carbocycles. The van der Waals surface area contributed by atoms with Crippen molar-refractivity contribution in [2.75, 3.05) is 16.4 Å². The van der Waals surface area contributed by atoms with Crippen LogP contribution in [0, 0.1) is 5.41 Å². The lowest BCUT2D eigenvalue weighted by Crippen LogP contribution is -2.24. The van der Waals surface area contributed by atoms with Gasteiger partial charge in [-0.3, -0.25) is 5.41 Å². The predicted molar refractivity (Wildman–Crippen MR) is 85.1 cm³/mol. The molecule has 0 spiro atoms. The number of nitrogens with one attached hydrogen (secondary N) is 3. The Bertz CT molecular complexity index is 696. The Kier molecular flexibility index (Phi) is 3.70. The molecule has 0 saturated heterocycles. The molecule has 7 heteroatoms. The molecule has 0 radical (unpaired) electrons. The van der Waals surface area contributed by atoms with Crippen molar-refractivity contribution in [3.8, 4) is 0 Å². The van der Waals surface area contributed by atoms with Gasteiger partial charge in [-0.1, -0.05) is 30.0 Å².